The van der Waals surface area contributed by atoms with Crippen LogP contribution in [0.1, 0.15) is 0 Å². The third kappa shape index (κ3) is 6.19. The van der Waals surface area contributed by atoms with Crippen molar-refractivity contribution < 1.29 is 24.1 Å². The molecule has 8 aromatic carbocycles. The number of aromatic nitrogens is 5. The molecule has 66 heavy (non-hydrogen) atoms. The van der Waals surface area contributed by atoms with Gasteiger partial charge < -0.3 is 4.57 Å². The zero-order chi connectivity index (χ0) is 43.7. The fourth-order valence-electron chi connectivity index (χ4n) is 9.73. The third-order valence-electron chi connectivity index (χ3n) is 12.6. The predicted octanol–water partition coefficient (Wildman–Crippen LogP) is 15.3. The van der Waals surface area contributed by atoms with Crippen molar-refractivity contribution in [1.82, 2.24) is 23.3 Å². The van der Waals surface area contributed by atoms with E-state index in [2.05, 4.69) is 249 Å². The molecule has 0 saturated heterocycles. The normalized spacial score (nSPS) is 11.7. The minimum atomic E-state index is 0.741. The summed E-state index contributed by atoms with van der Waals surface area (Å²) in [6.07, 6.45) is 1.99. The zero-order valence-corrected chi connectivity index (χ0v) is 38.3. The van der Waals surface area contributed by atoms with E-state index in [1.54, 1.807) is 11.3 Å². The van der Waals surface area contributed by atoms with Crippen LogP contribution in [0.15, 0.2) is 224 Å². The van der Waals surface area contributed by atoms with Gasteiger partial charge >= 0.3 is 294 Å². The molecule has 0 aliphatic carbocycles. The van der Waals surface area contributed by atoms with Crippen LogP contribution in [0.25, 0.3) is 99.1 Å². The van der Waals surface area contributed by atoms with Gasteiger partial charge in [0.15, 0.2) is 0 Å². The van der Waals surface area contributed by atoms with E-state index in [0.717, 1.165) is 93.3 Å². The van der Waals surface area contributed by atoms with Crippen LogP contribution >= 0.6 is 11.3 Å². The summed E-state index contributed by atoms with van der Waals surface area (Å²) in [7, 11) is 0. The summed E-state index contributed by atoms with van der Waals surface area (Å²) in [5, 5.41) is 5.72. The van der Waals surface area contributed by atoms with Crippen LogP contribution in [0.5, 0.6) is 11.5 Å². The number of para-hydroxylation sites is 5. The van der Waals surface area contributed by atoms with E-state index in [0.29, 0.717) is 0 Å². The summed E-state index contributed by atoms with van der Waals surface area (Å²) in [4.78, 5) is 5.14. The van der Waals surface area contributed by atoms with Gasteiger partial charge in [-0.15, -0.1) is 11.3 Å². The monoisotopic (exact) mass is 1050 g/mol. The molecule has 8 heteroatoms. The maximum atomic E-state index is 6.82. The number of hydrogen-bond donors (Lipinski definition) is 0. The van der Waals surface area contributed by atoms with Crippen molar-refractivity contribution in [2.75, 3.05) is 0 Å². The molecule has 0 spiro atoms. The van der Waals surface area contributed by atoms with Crippen LogP contribution in [0.4, 0.5) is 0 Å². The Morgan fingerprint density at radius 3 is 1.73 bits per heavy atom. The molecule has 0 aliphatic rings. The molecule has 0 atom stereocenters. The van der Waals surface area contributed by atoms with Crippen molar-refractivity contribution in [2.45, 2.75) is 0 Å². The summed E-state index contributed by atoms with van der Waals surface area (Å²) in [6, 6.07) is 75.1. The van der Waals surface area contributed by atoms with E-state index in [9.17, 15) is 0 Å². The van der Waals surface area contributed by atoms with Crippen molar-refractivity contribution in [3.63, 3.8) is 0 Å². The predicted molar refractivity (Wildman–Crippen MR) is 268 cm³/mol. The molecule has 13 rings (SSSR count). The molecule has 0 unspecified atom stereocenters. The van der Waals surface area contributed by atoms with E-state index >= 15 is 0 Å². The summed E-state index contributed by atoms with van der Waals surface area (Å²) in [5.74, 6) is 2.32. The van der Waals surface area contributed by atoms with Crippen molar-refractivity contribution in [2.24, 2.45) is 0 Å². The Morgan fingerprint density at radius 2 is 1.02 bits per heavy atom. The van der Waals surface area contributed by atoms with Crippen LogP contribution < -0.4 is 4.74 Å². The van der Waals surface area contributed by atoms with Crippen molar-refractivity contribution in [3.05, 3.63) is 228 Å². The number of thiophene rings is 1. The van der Waals surface area contributed by atoms with E-state index in [-0.39, 0.29) is 0 Å². The molecule has 5 heterocycles. The maximum absolute atomic E-state index is 6.82. The Labute approximate surface area is 394 Å². The van der Waals surface area contributed by atoms with Gasteiger partial charge in [0, 0.05) is 5.39 Å². The molecular formula is C58H37N5OPtS. The number of ether oxygens (including phenoxy) is 1. The van der Waals surface area contributed by atoms with E-state index in [1.807, 2.05) is 12.3 Å². The van der Waals surface area contributed by atoms with E-state index in [4.69, 9.17) is 9.72 Å². The standard InChI is InChI=1S/C58H37N5OS.Pt/c1-3-15-39(16-4-1)45-23-14-24-46(40-17-5-2-6-18-40)57(45)61-38-60(52-27-11-12-28-53(52)61)41-19-13-20-43(35-41)64-44-30-31-48-47-21-7-9-25-50(47)63(55(48)36-44)56-32-29-42(37-59-56)62-51-26-10-8-22-49(51)58-54(62)33-34-65-58;/h1-37H;. The second-order valence-electron chi connectivity index (χ2n) is 16.3. The van der Waals surface area contributed by atoms with E-state index < -0.39 is 0 Å². The first-order valence-electron chi connectivity index (χ1n) is 21.8. The molecule has 0 radical (unpaired) electrons. The summed E-state index contributed by atoms with van der Waals surface area (Å²) in [5.41, 5.74) is 14.5. The van der Waals surface area contributed by atoms with Gasteiger partial charge in [-0.1, -0.05) is 30.3 Å². The zero-order valence-electron chi connectivity index (χ0n) is 35.2. The number of fused-ring (bicyclic) bond motifs is 7. The molecule has 0 N–H and O–H groups in total. The molecule has 316 valence electrons. The van der Waals surface area contributed by atoms with Gasteiger partial charge in [-0.3, -0.25) is 0 Å². The SMILES string of the molecule is [Pt]=[c]1n(-c2cccc(Oc3ccc4c5ccccc5n(-c5ccc(-n6c7ccccc7c7sccc76)cn5)c4c3)c2)c2ccccc2n1-c1c(-c2ccccc2)cccc1-c1ccccc1. The van der Waals surface area contributed by atoms with Crippen LogP contribution in [0.2, 0.25) is 0 Å². The van der Waals surface area contributed by atoms with Gasteiger partial charge in [-0.05, 0) is 23.6 Å². The second kappa shape index (κ2) is 15.7. The average molecular weight is 1050 g/mol. The molecule has 0 bridgehead atoms. The molecule has 13 aromatic rings. The first kappa shape index (κ1) is 38.6. The first-order valence-corrected chi connectivity index (χ1v) is 23.9. The van der Waals surface area contributed by atoms with Crippen molar-refractivity contribution >= 4 is 65.3 Å². The number of benzene rings is 8. The van der Waals surface area contributed by atoms with Gasteiger partial charge in [0.25, 0.3) is 0 Å². The second-order valence-corrected chi connectivity index (χ2v) is 18.3. The van der Waals surface area contributed by atoms with E-state index in [1.165, 1.54) is 21.1 Å². The van der Waals surface area contributed by atoms with Crippen LogP contribution in [0, 0.1) is 3.80 Å². The summed E-state index contributed by atoms with van der Waals surface area (Å²) >= 11 is 4.28. The molecule has 0 fully saturated rings. The van der Waals surface area contributed by atoms with Crippen LogP contribution in [0.3, 0.4) is 0 Å². The number of nitrogens with zero attached hydrogens (tertiary/aromatic N) is 5. The molecule has 0 aliphatic heterocycles. The molecule has 5 aromatic heterocycles. The minimum absolute atomic E-state index is 0.741. The molecular weight excluding hydrogens is 1010 g/mol. The molecule has 0 amide bonds. The fraction of sp³-hybridized carbons (Fsp3) is 0. The Kier molecular flexibility index (Phi) is 9.19. The summed E-state index contributed by atoms with van der Waals surface area (Å²) in [6.45, 7) is 0. The number of hydrogen-bond acceptors (Lipinski definition) is 3. The Hall–Kier alpha value is -7.83. The fourth-order valence-corrected chi connectivity index (χ4v) is 11.7. The quantitative estimate of drug-likeness (QED) is 0.152. The van der Waals surface area contributed by atoms with Gasteiger partial charge in [0.2, 0.25) is 0 Å². The first-order chi connectivity index (χ1) is 32.7. The molecule has 0 saturated carbocycles. The number of imidazole rings is 1. The Bertz CT molecular complexity index is 3990. The van der Waals surface area contributed by atoms with Crippen LogP contribution in [-0.4, -0.2) is 23.3 Å². The Balaban J connectivity index is 0.907. The number of pyridine rings is 1. The van der Waals surface area contributed by atoms with Gasteiger partial charge in [-0.2, -0.15) is 0 Å². The average Bonchev–Trinajstić information content (AvgIpc) is 4.13. The van der Waals surface area contributed by atoms with Gasteiger partial charge in [-0.25, -0.2) is 0 Å². The van der Waals surface area contributed by atoms with Crippen molar-refractivity contribution in [1.29, 1.82) is 0 Å². The Morgan fingerprint density at radius 1 is 0.409 bits per heavy atom. The van der Waals surface area contributed by atoms with Crippen molar-refractivity contribution in [3.8, 4) is 56.6 Å². The van der Waals surface area contributed by atoms with Gasteiger partial charge in [0.1, 0.15) is 0 Å². The topological polar surface area (TPSA) is 41.8 Å². The van der Waals surface area contributed by atoms with Gasteiger partial charge in [0.05, 0.1) is 27.6 Å². The number of rotatable bonds is 8. The molecule has 6 nitrogen and oxygen atoms in total. The third-order valence-corrected chi connectivity index (χ3v) is 14.5. The summed E-state index contributed by atoms with van der Waals surface area (Å²) < 4.78 is 18.4. The van der Waals surface area contributed by atoms with Crippen LogP contribution in [-0.2, 0) is 19.4 Å².